The van der Waals surface area contributed by atoms with Crippen molar-refractivity contribution in [3.63, 3.8) is 0 Å². The first-order valence-electron chi connectivity index (χ1n) is 10.8. The fourth-order valence-electron chi connectivity index (χ4n) is 4.77. The number of nitrogens with one attached hydrogen (secondary N) is 4. The van der Waals surface area contributed by atoms with Crippen LogP contribution in [0.2, 0.25) is 0 Å². The van der Waals surface area contributed by atoms with E-state index in [4.69, 9.17) is 12.2 Å². The normalized spacial score (nSPS) is 28.3. The highest BCUT2D eigenvalue weighted by atomic mass is 32.1. The molecule has 3 rings (SSSR count). The van der Waals surface area contributed by atoms with Crippen molar-refractivity contribution < 1.29 is 14.4 Å². The number of amides is 4. The van der Waals surface area contributed by atoms with Crippen molar-refractivity contribution in [2.75, 3.05) is 6.54 Å². The minimum atomic E-state index is -0.688. The minimum Gasteiger partial charge on any atom is -0.358 e. The van der Waals surface area contributed by atoms with Crippen molar-refractivity contribution in [1.29, 1.82) is 0 Å². The second-order valence-electron chi connectivity index (χ2n) is 8.80. The van der Waals surface area contributed by atoms with E-state index in [1.54, 1.807) is 0 Å². The maximum absolute atomic E-state index is 12.6. The monoisotopic (exact) mass is 423 g/mol. The topological polar surface area (TPSA) is 103 Å². The Morgan fingerprint density at radius 2 is 1.90 bits per heavy atom. The third kappa shape index (κ3) is 4.99. The van der Waals surface area contributed by atoms with Crippen LogP contribution in [0.4, 0.5) is 4.79 Å². The Hall–Kier alpha value is -1.90. The molecule has 162 valence electrons. The number of nitrogens with zero attached hydrogens (tertiary/aromatic N) is 1. The van der Waals surface area contributed by atoms with Gasteiger partial charge in [0.1, 0.15) is 5.54 Å². The van der Waals surface area contributed by atoms with E-state index < -0.39 is 5.54 Å². The van der Waals surface area contributed by atoms with E-state index in [1.807, 2.05) is 0 Å². The van der Waals surface area contributed by atoms with E-state index >= 15 is 0 Å². The molecule has 0 bridgehead atoms. The smallest absolute Gasteiger partial charge is 0.325 e. The van der Waals surface area contributed by atoms with Gasteiger partial charge in [0.2, 0.25) is 5.91 Å². The van der Waals surface area contributed by atoms with Crippen molar-refractivity contribution in [1.82, 2.24) is 26.4 Å². The summed E-state index contributed by atoms with van der Waals surface area (Å²) < 4.78 is 0. The van der Waals surface area contributed by atoms with Crippen LogP contribution < -0.4 is 21.5 Å². The molecule has 1 spiro atoms. The van der Waals surface area contributed by atoms with Gasteiger partial charge in [0.15, 0.2) is 5.11 Å². The van der Waals surface area contributed by atoms with Gasteiger partial charge < -0.3 is 10.6 Å². The summed E-state index contributed by atoms with van der Waals surface area (Å²) in [6, 6.07) is -0.0186. The number of urea groups is 1. The van der Waals surface area contributed by atoms with Crippen LogP contribution in [0.25, 0.3) is 0 Å². The molecule has 1 saturated heterocycles. The van der Waals surface area contributed by atoms with Gasteiger partial charge in [0.25, 0.3) is 5.91 Å². The summed E-state index contributed by atoms with van der Waals surface area (Å²) in [4.78, 5) is 38.0. The minimum absolute atomic E-state index is 0.139. The van der Waals surface area contributed by atoms with Crippen LogP contribution in [0.3, 0.4) is 0 Å². The Morgan fingerprint density at radius 1 is 1.17 bits per heavy atom. The summed E-state index contributed by atoms with van der Waals surface area (Å²) >= 11 is 5.29. The number of hydrogen-bond acceptors (Lipinski definition) is 4. The highest BCUT2D eigenvalue weighted by Crippen LogP contribution is 2.35. The van der Waals surface area contributed by atoms with E-state index in [2.05, 4.69) is 35.3 Å². The van der Waals surface area contributed by atoms with E-state index in [-0.39, 0.29) is 30.8 Å². The molecule has 0 aromatic carbocycles. The van der Waals surface area contributed by atoms with Crippen LogP contribution in [-0.2, 0) is 9.59 Å². The molecule has 29 heavy (non-hydrogen) atoms. The summed E-state index contributed by atoms with van der Waals surface area (Å²) in [5, 5.41) is 6.56. The highest BCUT2D eigenvalue weighted by Gasteiger charge is 2.52. The SMILES string of the molecule is C[C@@H]1[C@H](C)CCC[C@@H]1NC(=S)NNC(=O)CCCN1C(=O)NC2(CCCC2)C1=O. The Kier molecular flexibility index (Phi) is 6.97. The van der Waals surface area contributed by atoms with Crippen LogP contribution in [-0.4, -0.2) is 46.0 Å². The molecule has 2 saturated carbocycles. The Morgan fingerprint density at radius 3 is 2.62 bits per heavy atom. The van der Waals surface area contributed by atoms with Crippen molar-refractivity contribution in [3.05, 3.63) is 0 Å². The zero-order valence-corrected chi connectivity index (χ0v) is 18.2. The molecule has 3 fully saturated rings. The molecule has 1 heterocycles. The van der Waals surface area contributed by atoms with Crippen molar-refractivity contribution >= 4 is 35.2 Å². The molecule has 0 unspecified atom stereocenters. The molecule has 4 N–H and O–H groups in total. The largest absolute Gasteiger partial charge is 0.358 e. The second-order valence-corrected chi connectivity index (χ2v) is 9.21. The van der Waals surface area contributed by atoms with Crippen LogP contribution in [0, 0.1) is 11.8 Å². The molecule has 2 aliphatic carbocycles. The lowest BCUT2D eigenvalue weighted by Gasteiger charge is -2.35. The molecular formula is C20H33N5O3S. The number of carbonyl (C=O) groups excluding carboxylic acids is 3. The molecule has 3 atom stereocenters. The van der Waals surface area contributed by atoms with E-state index in [0.717, 1.165) is 19.3 Å². The van der Waals surface area contributed by atoms with Gasteiger partial charge in [-0.1, -0.05) is 39.5 Å². The third-order valence-electron chi connectivity index (χ3n) is 6.83. The van der Waals surface area contributed by atoms with Gasteiger partial charge in [0.05, 0.1) is 0 Å². The standard InChI is InChI=1S/C20H33N5O3S/c1-13-7-5-8-15(14(13)2)21-18(29)24-23-16(26)9-6-12-25-17(27)20(22-19(25)28)10-3-4-11-20/h13-15H,3-12H2,1-2H3,(H,22,28)(H,23,26)(H2,21,24,29)/t13-,14-,15+/m1/s1. The van der Waals surface area contributed by atoms with Gasteiger partial charge in [0, 0.05) is 19.0 Å². The van der Waals surface area contributed by atoms with E-state index in [1.165, 1.54) is 17.7 Å². The van der Waals surface area contributed by atoms with Gasteiger partial charge in [-0.15, -0.1) is 0 Å². The molecule has 3 aliphatic rings. The summed E-state index contributed by atoms with van der Waals surface area (Å²) in [6.07, 6.45) is 7.46. The Balaban J connectivity index is 1.34. The van der Waals surface area contributed by atoms with Crippen molar-refractivity contribution in [2.45, 2.75) is 83.2 Å². The van der Waals surface area contributed by atoms with Crippen LogP contribution in [0.5, 0.6) is 0 Å². The summed E-state index contributed by atoms with van der Waals surface area (Å²) in [5.41, 5.74) is 4.67. The number of hydrogen-bond donors (Lipinski definition) is 4. The maximum atomic E-state index is 12.6. The van der Waals surface area contributed by atoms with Gasteiger partial charge in [-0.2, -0.15) is 0 Å². The number of hydrazine groups is 1. The summed E-state index contributed by atoms with van der Waals surface area (Å²) in [6.45, 7) is 4.74. The highest BCUT2D eigenvalue weighted by molar-refractivity contribution is 7.80. The molecule has 0 aromatic rings. The van der Waals surface area contributed by atoms with Gasteiger partial charge in [-0.05, 0) is 49.7 Å². The molecule has 4 amide bonds. The zero-order valence-electron chi connectivity index (χ0n) is 17.4. The predicted octanol–water partition coefficient (Wildman–Crippen LogP) is 1.95. The number of thiocarbonyl (C=S) groups is 1. The second kappa shape index (κ2) is 9.28. The first-order valence-corrected chi connectivity index (χ1v) is 11.2. The number of rotatable bonds is 5. The predicted molar refractivity (Wildman–Crippen MR) is 114 cm³/mol. The average Bonchev–Trinajstić information content (AvgIpc) is 3.24. The maximum Gasteiger partial charge on any atom is 0.325 e. The first kappa shape index (κ1) is 21.8. The van der Waals surface area contributed by atoms with Crippen LogP contribution >= 0.6 is 12.2 Å². The summed E-state index contributed by atoms with van der Waals surface area (Å²) in [5.74, 6) is 0.834. The molecular weight excluding hydrogens is 390 g/mol. The Labute approximate surface area is 177 Å². The third-order valence-corrected chi connectivity index (χ3v) is 7.05. The van der Waals surface area contributed by atoms with Crippen molar-refractivity contribution in [2.24, 2.45) is 11.8 Å². The molecule has 1 aliphatic heterocycles. The van der Waals surface area contributed by atoms with E-state index in [0.29, 0.717) is 42.3 Å². The average molecular weight is 424 g/mol. The van der Waals surface area contributed by atoms with Gasteiger partial charge >= 0.3 is 6.03 Å². The number of imide groups is 1. The first-order chi connectivity index (χ1) is 13.8. The molecule has 0 radical (unpaired) electrons. The van der Waals surface area contributed by atoms with Gasteiger partial charge in [-0.3, -0.25) is 25.3 Å². The fourth-order valence-corrected chi connectivity index (χ4v) is 4.98. The lowest BCUT2D eigenvalue weighted by atomic mass is 9.78. The fraction of sp³-hybridized carbons (Fsp3) is 0.800. The van der Waals surface area contributed by atoms with Crippen LogP contribution in [0.1, 0.15) is 71.6 Å². The zero-order chi connectivity index (χ0) is 21.0. The quantitative estimate of drug-likeness (QED) is 0.306. The van der Waals surface area contributed by atoms with Crippen molar-refractivity contribution in [3.8, 4) is 0 Å². The summed E-state index contributed by atoms with van der Waals surface area (Å²) in [7, 11) is 0. The lowest BCUT2D eigenvalue weighted by molar-refractivity contribution is -0.131. The molecule has 8 nitrogen and oxygen atoms in total. The van der Waals surface area contributed by atoms with Crippen LogP contribution in [0.15, 0.2) is 0 Å². The Bertz CT molecular complexity index is 665. The van der Waals surface area contributed by atoms with Gasteiger partial charge in [-0.25, -0.2) is 4.79 Å². The molecule has 0 aromatic heterocycles. The van der Waals surface area contributed by atoms with E-state index in [9.17, 15) is 14.4 Å². The number of carbonyl (C=O) groups is 3. The lowest BCUT2D eigenvalue weighted by Crippen LogP contribution is -2.52. The molecule has 9 heteroatoms.